The number of halogens is 1. The Kier molecular flexibility index (Phi) is 3.72. The highest BCUT2D eigenvalue weighted by Crippen LogP contribution is 2.35. The molecule has 0 aliphatic rings. The molecule has 0 radical (unpaired) electrons. The van der Waals surface area contributed by atoms with Crippen LogP contribution in [0.5, 0.6) is 0 Å². The molecule has 0 unspecified atom stereocenters. The fourth-order valence-corrected chi connectivity index (χ4v) is 2.67. The van der Waals surface area contributed by atoms with E-state index in [4.69, 9.17) is 16.9 Å². The quantitative estimate of drug-likeness (QED) is 0.726. The molecule has 3 aromatic rings. The Hall–Kier alpha value is -2.91. The van der Waals surface area contributed by atoms with Crippen LogP contribution in [0, 0.1) is 11.3 Å². The third-order valence-electron chi connectivity index (χ3n) is 3.61. The summed E-state index contributed by atoms with van der Waals surface area (Å²) < 4.78 is 1.57. The average molecular weight is 326 g/mol. The molecule has 2 aromatic heterocycles. The van der Waals surface area contributed by atoms with E-state index in [9.17, 15) is 4.79 Å². The van der Waals surface area contributed by atoms with Crippen LogP contribution in [-0.2, 0) is 4.79 Å². The largest absolute Gasteiger partial charge is 0.314 e. The molecule has 0 bridgehead atoms. The third-order valence-corrected chi connectivity index (χ3v) is 4.01. The van der Waals surface area contributed by atoms with Crippen LogP contribution >= 0.6 is 11.6 Å². The molecule has 0 saturated heterocycles. The van der Waals surface area contributed by atoms with Gasteiger partial charge in [0, 0.05) is 25.7 Å². The number of anilines is 1. The molecule has 0 saturated carbocycles. The van der Waals surface area contributed by atoms with E-state index >= 15 is 0 Å². The number of hydrogen-bond acceptors (Lipinski definition) is 4. The molecular formula is C16H12ClN5O. The van der Waals surface area contributed by atoms with Crippen molar-refractivity contribution >= 4 is 28.8 Å². The summed E-state index contributed by atoms with van der Waals surface area (Å²) in [6, 6.07) is 9.25. The Morgan fingerprint density at radius 3 is 2.87 bits per heavy atom. The number of fused-ring (bicyclic) bond motifs is 1. The molecule has 0 aliphatic heterocycles. The van der Waals surface area contributed by atoms with Gasteiger partial charge in [-0.3, -0.25) is 4.79 Å². The van der Waals surface area contributed by atoms with Gasteiger partial charge >= 0.3 is 0 Å². The fourth-order valence-electron chi connectivity index (χ4n) is 2.32. The van der Waals surface area contributed by atoms with Gasteiger partial charge in [0.2, 0.25) is 5.91 Å². The molecule has 7 heteroatoms. The number of rotatable bonds is 2. The van der Waals surface area contributed by atoms with E-state index in [0.717, 1.165) is 0 Å². The molecule has 2 heterocycles. The predicted octanol–water partition coefficient (Wildman–Crippen LogP) is 2.90. The maximum Gasteiger partial charge on any atom is 0.223 e. The van der Waals surface area contributed by atoms with E-state index < -0.39 is 0 Å². The maximum atomic E-state index is 11.6. The van der Waals surface area contributed by atoms with E-state index in [1.54, 1.807) is 29.9 Å². The molecule has 0 atom stereocenters. The summed E-state index contributed by atoms with van der Waals surface area (Å²) in [7, 11) is 1.66. The standard InChI is InChI=1S/C16H12ClN5O/c1-10(23)21(2)14-5-3-4-12(15(14)17)13-6-7-19-16-11(8-18)9-20-22(13)16/h3-7,9H,1-2H3. The summed E-state index contributed by atoms with van der Waals surface area (Å²) in [6.07, 6.45) is 3.07. The van der Waals surface area contributed by atoms with Crippen molar-refractivity contribution in [1.82, 2.24) is 14.6 Å². The van der Waals surface area contributed by atoms with Crippen LogP contribution in [0.1, 0.15) is 12.5 Å². The number of aromatic nitrogens is 3. The minimum Gasteiger partial charge on any atom is -0.314 e. The molecular weight excluding hydrogens is 314 g/mol. The number of nitrogens with zero attached hydrogens (tertiary/aromatic N) is 5. The second-order valence-corrected chi connectivity index (χ2v) is 5.33. The first kappa shape index (κ1) is 15.0. The van der Waals surface area contributed by atoms with E-state index in [1.807, 2.05) is 12.1 Å². The molecule has 3 rings (SSSR count). The Balaban J connectivity index is 2.24. The highest BCUT2D eigenvalue weighted by molar-refractivity contribution is 6.36. The van der Waals surface area contributed by atoms with Crippen LogP contribution in [0.3, 0.4) is 0 Å². The lowest BCUT2D eigenvalue weighted by Gasteiger charge is -2.18. The van der Waals surface area contributed by atoms with Gasteiger partial charge in [0.15, 0.2) is 5.65 Å². The predicted molar refractivity (Wildman–Crippen MR) is 87.2 cm³/mol. The fraction of sp³-hybridized carbons (Fsp3) is 0.125. The Morgan fingerprint density at radius 1 is 1.39 bits per heavy atom. The van der Waals surface area contributed by atoms with Crippen molar-refractivity contribution in [3.63, 3.8) is 0 Å². The van der Waals surface area contributed by atoms with Crippen LogP contribution in [0.2, 0.25) is 5.02 Å². The molecule has 114 valence electrons. The number of benzene rings is 1. The van der Waals surface area contributed by atoms with E-state index in [-0.39, 0.29) is 5.91 Å². The van der Waals surface area contributed by atoms with Crippen LogP contribution in [0.15, 0.2) is 36.7 Å². The average Bonchev–Trinajstić information content (AvgIpc) is 2.97. The van der Waals surface area contributed by atoms with Gasteiger partial charge in [-0.1, -0.05) is 23.7 Å². The first-order chi connectivity index (χ1) is 11.0. The zero-order valence-corrected chi connectivity index (χ0v) is 13.2. The van der Waals surface area contributed by atoms with Crippen LogP contribution in [-0.4, -0.2) is 27.6 Å². The van der Waals surface area contributed by atoms with Gasteiger partial charge in [0.1, 0.15) is 11.6 Å². The molecule has 0 spiro atoms. The number of hydrogen-bond donors (Lipinski definition) is 0. The van der Waals surface area contributed by atoms with Crippen molar-refractivity contribution in [2.24, 2.45) is 0 Å². The molecule has 1 amide bonds. The van der Waals surface area contributed by atoms with Crippen molar-refractivity contribution in [1.29, 1.82) is 5.26 Å². The van der Waals surface area contributed by atoms with Crippen molar-refractivity contribution in [3.8, 4) is 17.3 Å². The topological polar surface area (TPSA) is 74.3 Å². The van der Waals surface area contributed by atoms with E-state index in [0.29, 0.717) is 33.2 Å². The zero-order valence-electron chi connectivity index (χ0n) is 12.5. The van der Waals surface area contributed by atoms with Gasteiger partial charge in [0.25, 0.3) is 0 Å². The summed E-state index contributed by atoms with van der Waals surface area (Å²) in [5.74, 6) is -0.116. The van der Waals surface area contributed by atoms with Crippen LogP contribution in [0.25, 0.3) is 16.9 Å². The molecule has 1 aromatic carbocycles. The van der Waals surface area contributed by atoms with Crippen molar-refractivity contribution < 1.29 is 4.79 Å². The summed E-state index contributed by atoms with van der Waals surface area (Å²) >= 11 is 6.50. The SMILES string of the molecule is CC(=O)N(C)c1cccc(-c2ccnc3c(C#N)cnn23)c1Cl. The lowest BCUT2D eigenvalue weighted by Crippen LogP contribution is -2.23. The van der Waals surface area contributed by atoms with Crippen LogP contribution in [0.4, 0.5) is 5.69 Å². The number of nitriles is 1. The first-order valence-electron chi connectivity index (χ1n) is 6.80. The second-order valence-electron chi connectivity index (χ2n) is 4.95. The normalized spacial score (nSPS) is 10.5. The minimum atomic E-state index is -0.116. The number of carbonyl (C=O) groups is 1. The highest BCUT2D eigenvalue weighted by Gasteiger charge is 2.17. The van der Waals surface area contributed by atoms with Gasteiger partial charge in [-0.15, -0.1) is 0 Å². The van der Waals surface area contributed by atoms with Gasteiger partial charge in [-0.25, -0.2) is 9.50 Å². The van der Waals surface area contributed by atoms with Crippen molar-refractivity contribution in [2.45, 2.75) is 6.92 Å². The van der Waals surface area contributed by atoms with Crippen LogP contribution < -0.4 is 4.90 Å². The second kappa shape index (κ2) is 5.71. The lowest BCUT2D eigenvalue weighted by atomic mass is 10.1. The Labute approximate surface area is 137 Å². The molecule has 0 fully saturated rings. The Bertz CT molecular complexity index is 957. The monoisotopic (exact) mass is 325 g/mol. The number of amides is 1. The summed E-state index contributed by atoms with van der Waals surface area (Å²) in [5.41, 5.74) is 2.86. The van der Waals surface area contributed by atoms with Crippen molar-refractivity contribution in [2.75, 3.05) is 11.9 Å². The van der Waals surface area contributed by atoms with Gasteiger partial charge in [0.05, 0.1) is 22.6 Å². The highest BCUT2D eigenvalue weighted by atomic mass is 35.5. The molecule has 0 aliphatic carbocycles. The van der Waals surface area contributed by atoms with E-state index in [1.165, 1.54) is 18.0 Å². The minimum absolute atomic E-state index is 0.116. The zero-order chi connectivity index (χ0) is 16.6. The summed E-state index contributed by atoms with van der Waals surface area (Å²) in [5, 5.41) is 13.8. The number of carbonyl (C=O) groups excluding carboxylic acids is 1. The first-order valence-corrected chi connectivity index (χ1v) is 7.18. The summed E-state index contributed by atoms with van der Waals surface area (Å²) in [6.45, 7) is 1.47. The van der Waals surface area contributed by atoms with E-state index in [2.05, 4.69) is 16.2 Å². The lowest BCUT2D eigenvalue weighted by molar-refractivity contribution is -0.116. The maximum absolute atomic E-state index is 11.6. The molecule has 23 heavy (non-hydrogen) atoms. The van der Waals surface area contributed by atoms with Gasteiger partial charge < -0.3 is 4.90 Å². The summed E-state index contributed by atoms with van der Waals surface area (Å²) in [4.78, 5) is 17.3. The smallest absolute Gasteiger partial charge is 0.223 e. The molecule has 6 nitrogen and oxygen atoms in total. The van der Waals surface area contributed by atoms with Crippen molar-refractivity contribution in [3.05, 3.63) is 47.2 Å². The molecule has 0 N–H and O–H groups in total. The third kappa shape index (κ3) is 2.41. The van der Waals surface area contributed by atoms with Gasteiger partial charge in [-0.05, 0) is 12.1 Å². The Morgan fingerprint density at radius 2 is 2.17 bits per heavy atom. The van der Waals surface area contributed by atoms with Gasteiger partial charge in [-0.2, -0.15) is 10.4 Å².